The highest BCUT2D eigenvalue weighted by atomic mass is 35.5. The molecule has 0 bridgehead atoms. The fraction of sp³-hybridized carbons (Fsp3) is 0.229. The Morgan fingerprint density at radius 2 is 1.54 bits per heavy atom. The number of phenolic OH excluding ortho intramolecular Hbond substituents is 2. The van der Waals surface area contributed by atoms with Crippen molar-refractivity contribution in [2.45, 2.75) is 25.4 Å². The Bertz CT molecular complexity index is 1770. The van der Waals surface area contributed by atoms with Crippen molar-refractivity contribution in [3.8, 4) is 23.0 Å². The second-order valence-electron chi connectivity index (χ2n) is 11.1. The van der Waals surface area contributed by atoms with Crippen LogP contribution in [0.5, 0.6) is 23.0 Å². The third-order valence-electron chi connectivity index (χ3n) is 8.20. The van der Waals surface area contributed by atoms with Gasteiger partial charge in [-0.05, 0) is 86.2 Å². The van der Waals surface area contributed by atoms with Crippen molar-refractivity contribution < 1.29 is 34.1 Å². The van der Waals surface area contributed by atoms with E-state index in [0.29, 0.717) is 64.6 Å². The smallest absolute Gasteiger partial charge is 0.340 e. The molecule has 0 aromatic heterocycles. The van der Waals surface area contributed by atoms with Crippen LogP contribution in [0.2, 0.25) is 5.02 Å². The third kappa shape index (κ3) is 5.96. The molecule has 0 radical (unpaired) electrons. The van der Waals surface area contributed by atoms with Gasteiger partial charge in [-0.2, -0.15) is 0 Å². The lowest BCUT2D eigenvalue weighted by Gasteiger charge is -2.36. The van der Waals surface area contributed by atoms with E-state index in [-0.39, 0.29) is 41.2 Å². The molecule has 0 unspecified atom stereocenters. The van der Waals surface area contributed by atoms with Crippen molar-refractivity contribution in [3.63, 3.8) is 0 Å². The lowest BCUT2D eigenvalue weighted by Crippen LogP contribution is -2.35. The molecular formula is C35H32ClN3O7. The van der Waals surface area contributed by atoms with Crippen molar-refractivity contribution in [1.29, 1.82) is 0 Å². The predicted molar refractivity (Wildman–Crippen MR) is 172 cm³/mol. The predicted octanol–water partition coefficient (Wildman–Crippen LogP) is 5.79. The number of hydrogen-bond acceptors (Lipinski definition) is 8. The first-order valence-corrected chi connectivity index (χ1v) is 15.3. The van der Waals surface area contributed by atoms with Gasteiger partial charge < -0.3 is 35.2 Å². The number of likely N-dealkylation sites (N-methyl/N-ethyl adjacent to an activating group) is 1. The summed E-state index contributed by atoms with van der Waals surface area (Å²) in [5, 5.41) is 26.7. The summed E-state index contributed by atoms with van der Waals surface area (Å²) in [6, 6.07) is 20.8. The Labute approximate surface area is 270 Å². The van der Waals surface area contributed by atoms with Gasteiger partial charge in [-0.1, -0.05) is 18.5 Å². The average molecular weight is 642 g/mol. The number of anilines is 1. The molecule has 0 fully saturated rings. The number of ether oxygens (including phenoxy) is 2. The van der Waals surface area contributed by atoms with Crippen LogP contribution in [-0.4, -0.2) is 59.1 Å². The molecular weight excluding hydrogens is 610 g/mol. The summed E-state index contributed by atoms with van der Waals surface area (Å²) in [6.07, 6.45) is 0.871. The zero-order chi connectivity index (χ0) is 32.4. The molecule has 2 aliphatic heterocycles. The standard InChI is InChI=1S/C35H32ClN3O7/c1-2-39(17-15-37-33(43)21-5-7-22(36)8-6-21)16-3-4-32(42)38-23-9-12-26-29(18-23)35(46-34(26)44)27-13-10-24(40)19-30(27)45-31-20-25(41)11-14-28(31)35/h5-14,18-20,40-41H,2-4,15-17H2,1H3,(H,37,43)(H,38,42). The summed E-state index contributed by atoms with van der Waals surface area (Å²) in [6.45, 7) is 4.57. The molecule has 11 heteroatoms. The third-order valence-corrected chi connectivity index (χ3v) is 8.45. The van der Waals surface area contributed by atoms with Gasteiger partial charge >= 0.3 is 5.97 Å². The molecule has 6 rings (SSSR count). The molecule has 2 aliphatic rings. The van der Waals surface area contributed by atoms with Crippen molar-refractivity contribution >= 4 is 35.1 Å². The molecule has 4 aromatic carbocycles. The molecule has 2 amide bonds. The van der Waals surface area contributed by atoms with Gasteiger partial charge in [0.05, 0.1) is 5.56 Å². The van der Waals surface area contributed by atoms with Crippen LogP contribution in [0, 0.1) is 0 Å². The van der Waals surface area contributed by atoms with Crippen LogP contribution in [0.4, 0.5) is 5.69 Å². The highest BCUT2D eigenvalue weighted by Gasteiger charge is 2.53. The average Bonchev–Trinajstić information content (AvgIpc) is 3.31. The molecule has 236 valence electrons. The molecule has 0 atom stereocenters. The van der Waals surface area contributed by atoms with Crippen LogP contribution < -0.4 is 15.4 Å². The summed E-state index contributed by atoms with van der Waals surface area (Å²) < 4.78 is 12.1. The van der Waals surface area contributed by atoms with Crippen molar-refractivity contribution in [3.05, 3.63) is 112 Å². The quantitative estimate of drug-likeness (QED) is 0.160. The summed E-state index contributed by atoms with van der Waals surface area (Å²) in [7, 11) is 0. The van der Waals surface area contributed by atoms with E-state index < -0.39 is 11.6 Å². The summed E-state index contributed by atoms with van der Waals surface area (Å²) in [5.41, 5.74) is 1.47. The number of rotatable bonds is 10. The normalized spacial score (nSPS) is 13.8. The molecule has 0 aliphatic carbocycles. The number of aromatic hydroxyl groups is 2. The lowest BCUT2D eigenvalue weighted by atomic mass is 9.77. The summed E-state index contributed by atoms with van der Waals surface area (Å²) in [4.78, 5) is 40.7. The van der Waals surface area contributed by atoms with E-state index in [9.17, 15) is 24.6 Å². The van der Waals surface area contributed by atoms with E-state index in [1.54, 1.807) is 54.6 Å². The van der Waals surface area contributed by atoms with Gasteiger partial charge in [0.15, 0.2) is 5.60 Å². The maximum absolute atomic E-state index is 13.2. The van der Waals surface area contributed by atoms with Crippen LogP contribution in [0.3, 0.4) is 0 Å². The number of carbonyl (C=O) groups is 3. The number of hydrogen-bond donors (Lipinski definition) is 4. The number of benzene rings is 4. The van der Waals surface area contributed by atoms with E-state index in [2.05, 4.69) is 15.5 Å². The first-order chi connectivity index (χ1) is 22.2. The van der Waals surface area contributed by atoms with E-state index >= 15 is 0 Å². The number of phenols is 2. The molecule has 0 saturated carbocycles. The first kappa shape index (κ1) is 30.9. The monoisotopic (exact) mass is 641 g/mol. The molecule has 0 saturated heterocycles. The van der Waals surface area contributed by atoms with Gasteiger partial charge in [0.25, 0.3) is 5.91 Å². The maximum atomic E-state index is 13.2. The number of nitrogens with one attached hydrogen (secondary N) is 2. The Morgan fingerprint density at radius 1 is 0.870 bits per heavy atom. The van der Waals surface area contributed by atoms with E-state index in [0.717, 1.165) is 6.54 Å². The van der Waals surface area contributed by atoms with Gasteiger partial charge in [0, 0.05) is 64.6 Å². The largest absolute Gasteiger partial charge is 0.508 e. The molecule has 4 aromatic rings. The first-order valence-electron chi connectivity index (χ1n) is 15.0. The van der Waals surface area contributed by atoms with Gasteiger partial charge in [0.1, 0.15) is 23.0 Å². The van der Waals surface area contributed by atoms with Crippen molar-refractivity contribution in [1.82, 2.24) is 10.2 Å². The number of halogens is 1. The molecule has 1 spiro atoms. The zero-order valence-corrected chi connectivity index (χ0v) is 25.8. The maximum Gasteiger partial charge on any atom is 0.340 e. The fourth-order valence-electron chi connectivity index (χ4n) is 5.92. The van der Waals surface area contributed by atoms with Crippen molar-refractivity contribution in [2.24, 2.45) is 0 Å². The number of amides is 2. The second kappa shape index (κ2) is 12.7. The van der Waals surface area contributed by atoms with Crippen LogP contribution in [-0.2, 0) is 15.1 Å². The highest BCUT2D eigenvalue weighted by Crippen LogP contribution is 2.57. The minimum absolute atomic E-state index is 0.0348. The van der Waals surface area contributed by atoms with E-state index in [4.69, 9.17) is 21.1 Å². The van der Waals surface area contributed by atoms with Gasteiger partial charge in [-0.3, -0.25) is 9.59 Å². The zero-order valence-electron chi connectivity index (χ0n) is 25.0. The molecule has 46 heavy (non-hydrogen) atoms. The summed E-state index contributed by atoms with van der Waals surface area (Å²) in [5.74, 6) is -0.415. The molecule has 2 heterocycles. The van der Waals surface area contributed by atoms with Gasteiger partial charge in [-0.25, -0.2) is 4.79 Å². The Hall–Kier alpha value is -5.06. The lowest BCUT2D eigenvalue weighted by molar-refractivity contribution is -0.116. The number of esters is 1. The SMILES string of the molecule is CCN(CCCC(=O)Nc1ccc2c(c1)C1(OC2=O)c2ccc(O)cc2Oc2cc(O)ccc21)CCNC(=O)c1ccc(Cl)cc1. The summed E-state index contributed by atoms with van der Waals surface area (Å²) >= 11 is 5.90. The Morgan fingerprint density at radius 3 is 2.20 bits per heavy atom. The molecule has 4 N–H and O–H groups in total. The molecule has 10 nitrogen and oxygen atoms in total. The Balaban J connectivity index is 1.12. The van der Waals surface area contributed by atoms with E-state index in [1.807, 2.05) is 6.92 Å². The minimum Gasteiger partial charge on any atom is -0.508 e. The van der Waals surface area contributed by atoms with Gasteiger partial charge in [-0.15, -0.1) is 0 Å². The van der Waals surface area contributed by atoms with Crippen molar-refractivity contribution in [2.75, 3.05) is 31.5 Å². The second-order valence-corrected chi connectivity index (χ2v) is 11.6. The van der Waals surface area contributed by atoms with Crippen LogP contribution in [0.25, 0.3) is 0 Å². The Kier molecular flexibility index (Phi) is 8.57. The highest BCUT2D eigenvalue weighted by molar-refractivity contribution is 6.30. The number of nitrogens with zero attached hydrogens (tertiary/aromatic N) is 1. The minimum atomic E-state index is -1.41. The number of fused-ring (bicyclic) bond motifs is 6. The van der Waals surface area contributed by atoms with E-state index in [1.165, 1.54) is 24.3 Å². The number of carbonyl (C=O) groups excluding carboxylic acids is 3. The van der Waals surface area contributed by atoms with Gasteiger partial charge in [0.2, 0.25) is 5.91 Å². The fourth-order valence-corrected chi connectivity index (χ4v) is 6.05. The topological polar surface area (TPSA) is 137 Å². The van der Waals surface area contributed by atoms with Crippen LogP contribution >= 0.6 is 11.6 Å². The van der Waals surface area contributed by atoms with Crippen LogP contribution in [0.1, 0.15) is 57.2 Å². The van der Waals surface area contributed by atoms with Crippen LogP contribution in [0.15, 0.2) is 78.9 Å².